The number of carbonyl (C=O) groups is 3. The van der Waals surface area contributed by atoms with Crippen molar-refractivity contribution >= 4 is 46.4 Å². The first-order valence-electron chi connectivity index (χ1n) is 11.0. The summed E-state index contributed by atoms with van der Waals surface area (Å²) in [5, 5.41) is 6.14. The van der Waals surface area contributed by atoms with Crippen molar-refractivity contribution in [3.05, 3.63) is 101 Å². The van der Waals surface area contributed by atoms with E-state index in [0.717, 1.165) is 10.8 Å². The second-order valence-electron chi connectivity index (χ2n) is 7.76. The van der Waals surface area contributed by atoms with E-state index in [1.54, 1.807) is 24.3 Å². The van der Waals surface area contributed by atoms with Crippen molar-refractivity contribution in [3.8, 4) is 17.2 Å². The Bertz CT molecular complexity index is 1530. The van der Waals surface area contributed by atoms with Crippen molar-refractivity contribution in [1.29, 1.82) is 0 Å². The number of carbonyl (C=O) groups excluding carboxylic acids is 3. The first kappa shape index (κ1) is 25.4. The number of methoxy groups -OCH3 is 1. The summed E-state index contributed by atoms with van der Waals surface area (Å²) < 4.78 is 15.8. The molecule has 4 rings (SSSR count). The second-order valence-corrected chi connectivity index (χ2v) is 8.19. The second kappa shape index (κ2) is 11.4. The van der Waals surface area contributed by atoms with Crippen LogP contribution in [0, 0.1) is 0 Å². The summed E-state index contributed by atoms with van der Waals surface area (Å²) in [6.07, 6.45) is 1.34. The van der Waals surface area contributed by atoms with Crippen LogP contribution in [0.5, 0.6) is 17.2 Å². The van der Waals surface area contributed by atoms with Crippen molar-refractivity contribution in [2.75, 3.05) is 7.11 Å². The molecule has 0 fully saturated rings. The monoisotopic (exact) mass is 516 g/mol. The summed E-state index contributed by atoms with van der Waals surface area (Å²) in [6, 6.07) is 21.8. The van der Waals surface area contributed by atoms with Crippen LogP contribution < -0.4 is 19.6 Å². The van der Waals surface area contributed by atoms with E-state index in [-0.39, 0.29) is 22.8 Å². The maximum absolute atomic E-state index is 12.8. The molecule has 0 saturated carbocycles. The Hall–Kier alpha value is -4.69. The van der Waals surface area contributed by atoms with Crippen LogP contribution >= 0.6 is 11.6 Å². The minimum atomic E-state index is -0.690. The molecule has 1 amide bonds. The summed E-state index contributed by atoms with van der Waals surface area (Å²) in [4.78, 5) is 36.8. The van der Waals surface area contributed by atoms with Gasteiger partial charge in [-0.05, 0) is 53.2 Å². The zero-order chi connectivity index (χ0) is 26.4. The van der Waals surface area contributed by atoms with Gasteiger partial charge in [0.25, 0.3) is 5.91 Å². The molecule has 186 valence electrons. The van der Waals surface area contributed by atoms with Gasteiger partial charge < -0.3 is 14.2 Å². The zero-order valence-electron chi connectivity index (χ0n) is 19.9. The van der Waals surface area contributed by atoms with Crippen LogP contribution in [-0.4, -0.2) is 31.2 Å². The molecule has 4 aromatic rings. The number of hydrogen-bond acceptors (Lipinski definition) is 7. The molecule has 9 heteroatoms. The standard InChI is InChI=1S/C28H21ClN2O6/c1-17(32)36-25-12-10-19(15-26(25)35-2)28(34)37-24-13-11-21(29)14-20(24)16-30-31-27(33)23-9-5-7-18-6-3-4-8-22(18)23/h3-16H,1-2H3,(H,31,33)/b30-16+. The van der Waals surface area contributed by atoms with E-state index in [9.17, 15) is 14.4 Å². The molecule has 0 bridgehead atoms. The van der Waals surface area contributed by atoms with Crippen LogP contribution in [0.25, 0.3) is 10.8 Å². The van der Waals surface area contributed by atoms with Gasteiger partial charge in [0.1, 0.15) is 5.75 Å². The lowest BCUT2D eigenvalue weighted by atomic mass is 10.0. The number of esters is 2. The SMILES string of the molecule is COc1cc(C(=O)Oc2ccc(Cl)cc2/C=N/NC(=O)c2cccc3ccccc23)ccc1OC(C)=O. The molecule has 0 aromatic heterocycles. The predicted molar refractivity (Wildman–Crippen MR) is 140 cm³/mol. The third-order valence-electron chi connectivity index (χ3n) is 5.23. The molecule has 0 atom stereocenters. The van der Waals surface area contributed by atoms with Gasteiger partial charge in [0, 0.05) is 23.1 Å². The Balaban J connectivity index is 1.52. The highest BCUT2D eigenvalue weighted by Crippen LogP contribution is 2.29. The van der Waals surface area contributed by atoms with Gasteiger partial charge in [-0.1, -0.05) is 48.0 Å². The number of hydrogen-bond donors (Lipinski definition) is 1. The minimum Gasteiger partial charge on any atom is -0.493 e. The summed E-state index contributed by atoms with van der Waals surface area (Å²) in [7, 11) is 1.39. The first-order chi connectivity index (χ1) is 17.9. The summed E-state index contributed by atoms with van der Waals surface area (Å²) in [6.45, 7) is 1.26. The zero-order valence-corrected chi connectivity index (χ0v) is 20.6. The van der Waals surface area contributed by atoms with E-state index in [1.165, 1.54) is 44.5 Å². The molecule has 0 radical (unpaired) electrons. The van der Waals surface area contributed by atoms with Crippen LogP contribution in [0.4, 0.5) is 0 Å². The normalized spacial score (nSPS) is 10.8. The average molecular weight is 517 g/mol. The molecule has 0 aliphatic heterocycles. The number of rotatable bonds is 7. The Labute approximate surface area is 217 Å². The molecule has 0 aliphatic rings. The molecule has 0 spiro atoms. The number of nitrogens with zero attached hydrogens (tertiary/aromatic N) is 1. The Kier molecular flexibility index (Phi) is 7.80. The third kappa shape index (κ3) is 6.12. The van der Waals surface area contributed by atoms with Gasteiger partial charge in [0.05, 0.1) is 18.9 Å². The fourth-order valence-corrected chi connectivity index (χ4v) is 3.73. The maximum atomic E-state index is 12.8. The summed E-state index contributed by atoms with van der Waals surface area (Å²) >= 11 is 6.12. The van der Waals surface area contributed by atoms with Crippen molar-refractivity contribution < 1.29 is 28.6 Å². The first-order valence-corrected chi connectivity index (χ1v) is 11.4. The molecule has 4 aromatic carbocycles. The lowest BCUT2D eigenvalue weighted by molar-refractivity contribution is -0.132. The van der Waals surface area contributed by atoms with Gasteiger partial charge in [-0.25, -0.2) is 10.2 Å². The van der Waals surface area contributed by atoms with Crippen molar-refractivity contribution in [3.63, 3.8) is 0 Å². The quantitative estimate of drug-likeness (QED) is 0.152. The van der Waals surface area contributed by atoms with E-state index < -0.39 is 17.8 Å². The molecule has 37 heavy (non-hydrogen) atoms. The molecule has 0 unspecified atom stereocenters. The van der Waals surface area contributed by atoms with E-state index >= 15 is 0 Å². The Morgan fingerprint density at radius 3 is 2.41 bits per heavy atom. The number of amides is 1. The van der Waals surface area contributed by atoms with Crippen molar-refractivity contribution in [2.45, 2.75) is 6.92 Å². The van der Waals surface area contributed by atoms with Crippen LogP contribution in [0.2, 0.25) is 5.02 Å². The highest BCUT2D eigenvalue weighted by Gasteiger charge is 2.16. The summed E-state index contributed by atoms with van der Waals surface area (Å²) in [5.41, 5.74) is 3.49. The highest BCUT2D eigenvalue weighted by atomic mass is 35.5. The lowest BCUT2D eigenvalue weighted by Crippen LogP contribution is -2.18. The van der Waals surface area contributed by atoms with Gasteiger partial charge in [-0.3, -0.25) is 9.59 Å². The van der Waals surface area contributed by atoms with Crippen LogP contribution in [0.1, 0.15) is 33.2 Å². The maximum Gasteiger partial charge on any atom is 0.343 e. The fourth-order valence-electron chi connectivity index (χ4n) is 3.55. The third-order valence-corrected chi connectivity index (χ3v) is 5.47. The van der Waals surface area contributed by atoms with Gasteiger partial charge >= 0.3 is 11.9 Å². The topological polar surface area (TPSA) is 103 Å². The molecule has 0 aliphatic carbocycles. The van der Waals surface area contributed by atoms with E-state index in [0.29, 0.717) is 16.1 Å². The van der Waals surface area contributed by atoms with Gasteiger partial charge in [-0.15, -0.1) is 0 Å². The number of ether oxygens (including phenoxy) is 3. The largest absolute Gasteiger partial charge is 0.493 e. The van der Waals surface area contributed by atoms with Crippen molar-refractivity contribution in [1.82, 2.24) is 5.43 Å². The van der Waals surface area contributed by atoms with Crippen LogP contribution in [0.3, 0.4) is 0 Å². The number of halogens is 1. The Morgan fingerprint density at radius 2 is 1.62 bits per heavy atom. The van der Waals surface area contributed by atoms with Crippen LogP contribution in [0.15, 0.2) is 84.0 Å². The molecule has 0 heterocycles. The van der Waals surface area contributed by atoms with E-state index in [2.05, 4.69) is 10.5 Å². The Morgan fingerprint density at radius 1 is 0.865 bits per heavy atom. The van der Waals surface area contributed by atoms with Gasteiger partial charge in [0.15, 0.2) is 11.5 Å². The molecule has 8 nitrogen and oxygen atoms in total. The van der Waals surface area contributed by atoms with Crippen molar-refractivity contribution in [2.24, 2.45) is 5.10 Å². The number of benzene rings is 4. The molecule has 1 N–H and O–H groups in total. The smallest absolute Gasteiger partial charge is 0.343 e. The number of fused-ring (bicyclic) bond motifs is 1. The van der Waals surface area contributed by atoms with Gasteiger partial charge in [0.2, 0.25) is 0 Å². The van der Waals surface area contributed by atoms with E-state index in [1.807, 2.05) is 30.3 Å². The fraction of sp³-hybridized carbons (Fsp3) is 0.0714. The molecular formula is C28H21ClN2O6. The molecule has 0 saturated heterocycles. The molecular weight excluding hydrogens is 496 g/mol. The van der Waals surface area contributed by atoms with Crippen LogP contribution in [-0.2, 0) is 4.79 Å². The van der Waals surface area contributed by atoms with E-state index in [4.69, 9.17) is 25.8 Å². The minimum absolute atomic E-state index is 0.162. The van der Waals surface area contributed by atoms with Gasteiger partial charge in [-0.2, -0.15) is 5.10 Å². The predicted octanol–water partition coefficient (Wildman–Crippen LogP) is 5.41. The summed E-state index contributed by atoms with van der Waals surface area (Å²) in [5.74, 6) is -1.07. The lowest BCUT2D eigenvalue weighted by Gasteiger charge is -2.11. The number of nitrogens with one attached hydrogen (secondary N) is 1. The highest BCUT2D eigenvalue weighted by molar-refractivity contribution is 6.31. The number of hydrazone groups is 1. The average Bonchev–Trinajstić information content (AvgIpc) is 2.89.